The SMILES string of the molecule is O=Cc1ccc(-n2cnc(-c3ccc(C(=O)O)cc3)n2)cc1. The Bertz CT molecular complexity index is 821. The van der Waals surface area contributed by atoms with Gasteiger partial charge in [-0.2, -0.15) is 0 Å². The molecule has 1 heterocycles. The van der Waals surface area contributed by atoms with Gasteiger partial charge in [0.25, 0.3) is 0 Å². The summed E-state index contributed by atoms with van der Waals surface area (Å²) < 4.78 is 1.59. The Labute approximate surface area is 125 Å². The van der Waals surface area contributed by atoms with Crippen molar-refractivity contribution in [1.82, 2.24) is 14.8 Å². The van der Waals surface area contributed by atoms with E-state index in [0.29, 0.717) is 11.4 Å². The molecule has 0 saturated carbocycles. The van der Waals surface area contributed by atoms with Crippen molar-refractivity contribution in [2.45, 2.75) is 0 Å². The second-order valence-electron chi connectivity index (χ2n) is 4.60. The quantitative estimate of drug-likeness (QED) is 0.747. The molecule has 0 unspecified atom stereocenters. The normalized spacial score (nSPS) is 10.4. The summed E-state index contributed by atoms with van der Waals surface area (Å²) in [7, 11) is 0. The number of carbonyl (C=O) groups excluding carboxylic acids is 1. The summed E-state index contributed by atoms with van der Waals surface area (Å²) in [6.07, 6.45) is 2.34. The third-order valence-corrected chi connectivity index (χ3v) is 3.18. The average molecular weight is 293 g/mol. The van der Waals surface area contributed by atoms with E-state index in [4.69, 9.17) is 5.11 Å². The van der Waals surface area contributed by atoms with E-state index >= 15 is 0 Å². The first-order valence-electron chi connectivity index (χ1n) is 6.48. The van der Waals surface area contributed by atoms with Crippen LogP contribution < -0.4 is 0 Å². The predicted molar refractivity (Wildman–Crippen MR) is 79.1 cm³/mol. The largest absolute Gasteiger partial charge is 0.478 e. The number of benzene rings is 2. The van der Waals surface area contributed by atoms with Crippen molar-refractivity contribution >= 4 is 12.3 Å². The van der Waals surface area contributed by atoms with Crippen LogP contribution in [0.2, 0.25) is 0 Å². The van der Waals surface area contributed by atoms with Crippen LogP contribution in [0.15, 0.2) is 54.9 Å². The van der Waals surface area contributed by atoms with Gasteiger partial charge in [-0.15, -0.1) is 5.10 Å². The standard InChI is InChI=1S/C16H11N3O3/c20-9-11-1-7-14(8-2-11)19-10-17-15(18-19)12-3-5-13(6-4-12)16(21)22/h1-10H,(H,21,22). The van der Waals surface area contributed by atoms with E-state index in [1.54, 1.807) is 47.4 Å². The summed E-state index contributed by atoms with van der Waals surface area (Å²) in [4.78, 5) is 25.7. The van der Waals surface area contributed by atoms with Crippen LogP contribution in [0.4, 0.5) is 0 Å². The molecule has 1 N–H and O–H groups in total. The van der Waals surface area contributed by atoms with E-state index in [2.05, 4.69) is 10.1 Å². The molecule has 22 heavy (non-hydrogen) atoms. The van der Waals surface area contributed by atoms with Crippen LogP contribution in [-0.4, -0.2) is 32.1 Å². The van der Waals surface area contributed by atoms with Gasteiger partial charge in [-0.3, -0.25) is 4.79 Å². The van der Waals surface area contributed by atoms with Crippen molar-refractivity contribution in [2.24, 2.45) is 0 Å². The molecule has 1 aromatic heterocycles. The third kappa shape index (κ3) is 2.62. The van der Waals surface area contributed by atoms with Crippen molar-refractivity contribution in [3.8, 4) is 17.1 Å². The van der Waals surface area contributed by atoms with E-state index < -0.39 is 5.97 Å². The highest BCUT2D eigenvalue weighted by molar-refractivity contribution is 5.88. The second kappa shape index (κ2) is 5.61. The van der Waals surface area contributed by atoms with Gasteiger partial charge in [-0.05, 0) is 36.4 Å². The first-order valence-corrected chi connectivity index (χ1v) is 6.48. The molecule has 3 rings (SSSR count). The molecule has 3 aromatic rings. The van der Waals surface area contributed by atoms with Crippen molar-refractivity contribution in [3.05, 3.63) is 66.0 Å². The van der Waals surface area contributed by atoms with Crippen molar-refractivity contribution in [2.75, 3.05) is 0 Å². The molecule has 0 amide bonds. The van der Waals surface area contributed by atoms with Gasteiger partial charge in [0.05, 0.1) is 11.3 Å². The van der Waals surface area contributed by atoms with Crippen LogP contribution in [0.25, 0.3) is 17.1 Å². The first-order chi connectivity index (χ1) is 10.7. The van der Waals surface area contributed by atoms with Crippen LogP contribution in [-0.2, 0) is 0 Å². The Morgan fingerprint density at radius 3 is 2.32 bits per heavy atom. The van der Waals surface area contributed by atoms with Crippen molar-refractivity contribution in [1.29, 1.82) is 0 Å². The topological polar surface area (TPSA) is 85.1 Å². The van der Waals surface area contributed by atoms with E-state index in [0.717, 1.165) is 17.5 Å². The Morgan fingerprint density at radius 2 is 1.73 bits per heavy atom. The lowest BCUT2D eigenvalue weighted by Gasteiger charge is -2.00. The van der Waals surface area contributed by atoms with Crippen molar-refractivity contribution in [3.63, 3.8) is 0 Å². The summed E-state index contributed by atoms with van der Waals surface area (Å²) in [6, 6.07) is 13.3. The Balaban J connectivity index is 1.89. The number of rotatable bonds is 4. The molecule has 0 bridgehead atoms. The molecule has 6 heteroatoms. The summed E-state index contributed by atoms with van der Waals surface area (Å²) in [6.45, 7) is 0. The highest BCUT2D eigenvalue weighted by Gasteiger charge is 2.07. The summed E-state index contributed by atoms with van der Waals surface area (Å²) >= 11 is 0. The number of carboxylic acid groups (broad SMARTS) is 1. The van der Waals surface area contributed by atoms with Gasteiger partial charge in [-0.25, -0.2) is 14.5 Å². The number of carboxylic acids is 1. The molecule has 0 aliphatic carbocycles. The highest BCUT2D eigenvalue weighted by Crippen LogP contribution is 2.17. The highest BCUT2D eigenvalue weighted by atomic mass is 16.4. The Hall–Kier alpha value is -3.28. The molecule has 0 radical (unpaired) electrons. The maximum absolute atomic E-state index is 10.8. The molecule has 108 valence electrons. The van der Waals surface area contributed by atoms with Gasteiger partial charge in [0.1, 0.15) is 12.6 Å². The monoisotopic (exact) mass is 293 g/mol. The van der Waals surface area contributed by atoms with Gasteiger partial charge in [0.2, 0.25) is 0 Å². The lowest BCUT2D eigenvalue weighted by molar-refractivity contribution is 0.0696. The van der Waals surface area contributed by atoms with Crippen LogP contribution in [0.1, 0.15) is 20.7 Å². The number of hydrogen-bond donors (Lipinski definition) is 1. The number of aldehydes is 1. The number of hydrogen-bond acceptors (Lipinski definition) is 4. The van der Waals surface area contributed by atoms with Crippen LogP contribution >= 0.6 is 0 Å². The minimum Gasteiger partial charge on any atom is -0.478 e. The molecule has 0 saturated heterocycles. The fourth-order valence-corrected chi connectivity index (χ4v) is 1.99. The van der Waals surface area contributed by atoms with E-state index in [1.165, 1.54) is 12.1 Å². The smallest absolute Gasteiger partial charge is 0.335 e. The molecular formula is C16H11N3O3. The fourth-order valence-electron chi connectivity index (χ4n) is 1.99. The number of aromatic nitrogens is 3. The van der Waals surface area contributed by atoms with Crippen LogP contribution in [0.5, 0.6) is 0 Å². The van der Waals surface area contributed by atoms with Crippen LogP contribution in [0.3, 0.4) is 0 Å². The molecule has 2 aromatic carbocycles. The lowest BCUT2D eigenvalue weighted by Crippen LogP contribution is -1.96. The fraction of sp³-hybridized carbons (Fsp3) is 0. The van der Waals surface area contributed by atoms with E-state index in [-0.39, 0.29) is 5.56 Å². The summed E-state index contributed by atoms with van der Waals surface area (Å²) in [5, 5.41) is 13.2. The minimum atomic E-state index is -0.972. The zero-order chi connectivity index (χ0) is 15.5. The van der Waals surface area contributed by atoms with Crippen molar-refractivity contribution < 1.29 is 14.7 Å². The summed E-state index contributed by atoms with van der Waals surface area (Å²) in [5.74, 6) is -0.475. The number of carbonyl (C=O) groups is 2. The predicted octanol–water partition coefficient (Wildman–Crippen LogP) is 2.45. The molecular weight excluding hydrogens is 282 g/mol. The van der Waals surface area contributed by atoms with E-state index in [9.17, 15) is 9.59 Å². The maximum Gasteiger partial charge on any atom is 0.335 e. The molecule has 6 nitrogen and oxygen atoms in total. The molecule has 0 fully saturated rings. The lowest BCUT2D eigenvalue weighted by atomic mass is 10.1. The molecule has 0 aliphatic rings. The maximum atomic E-state index is 10.8. The third-order valence-electron chi connectivity index (χ3n) is 3.18. The molecule has 0 aliphatic heterocycles. The van der Waals surface area contributed by atoms with Gasteiger partial charge < -0.3 is 5.11 Å². The zero-order valence-electron chi connectivity index (χ0n) is 11.4. The molecule has 0 spiro atoms. The first kappa shape index (κ1) is 13.7. The van der Waals surface area contributed by atoms with Gasteiger partial charge >= 0.3 is 5.97 Å². The van der Waals surface area contributed by atoms with E-state index in [1.807, 2.05) is 0 Å². The van der Waals surface area contributed by atoms with Gasteiger partial charge in [-0.1, -0.05) is 12.1 Å². The Morgan fingerprint density at radius 1 is 1.05 bits per heavy atom. The summed E-state index contributed by atoms with van der Waals surface area (Å²) in [5.41, 5.74) is 2.32. The Kier molecular flexibility index (Phi) is 3.49. The second-order valence-corrected chi connectivity index (χ2v) is 4.60. The van der Waals surface area contributed by atoms with Gasteiger partial charge in [0, 0.05) is 11.1 Å². The number of nitrogens with zero attached hydrogens (tertiary/aromatic N) is 3. The molecule has 0 atom stereocenters. The number of aromatic carboxylic acids is 1. The average Bonchev–Trinajstić information content (AvgIpc) is 3.05. The van der Waals surface area contributed by atoms with Crippen LogP contribution in [0, 0.1) is 0 Å². The van der Waals surface area contributed by atoms with Gasteiger partial charge in [0.15, 0.2) is 5.82 Å². The minimum absolute atomic E-state index is 0.215. The zero-order valence-corrected chi connectivity index (χ0v) is 11.4.